The fraction of sp³-hybridized carbons (Fsp3) is 0.474. The van der Waals surface area contributed by atoms with E-state index in [0.717, 1.165) is 12.4 Å². The van der Waals surface area contributed by atoms with Gasteiger partial charge in [-0.15, -0.1) is 0 Å². The third-order valence-corrected chi connectivity index (χ3v) is 4.29. The van der Waals surface area contributed by atoms with Crippen molar-refractivity contribution in [3.05, 3.63) is 54.1 Å². The summed E-state index contributed by atoms with van der Waals surface area (Å²) in [5, 5.41) is 2.94. The van der Waals surface area contributed by atoms with E-state index in [-0.39, 0.29) is 12.0 Å². The van der Waals surface area contributed by atoms with Gasteiger partial charge in [-0.3, -0.25) is 4.79 Å². The quantitative estimate of drug-likeness (QED) is 0.769. The van der Waals surface area contributed by atoms with Crippen molar-refractivity contribution in [1.82, 2.24) is 14.9 Å². The van der Waals surface area contributed by atoms with Gasteiger partial charge in [-0.1, -0.05) is 30.3 Å². The van der Waals surface area contributed by atoms with E-state index in [9.17, 15) is 4.79 Å². The topological polar surface area (TPSA) is 56.1 Å². The monoisotopic (exact) mass is 327 g/mol. The first-order valence-electron chi connectivity index (χ1n) is 8.65. The van der Waals surface area contributed by atoms with Gasteiger partial charge in [0.1, 0.15) is 11.9 Å². The Morgan fingerprint density at radius 1 is 1.38 bits per heavy atom. The van der Waals surface area contributed by atoms with Gasteiger partial charge >= 0.3 is 0 Å². The average molecular weight is 327 g/mol. The van der Waals surface area contributed by atoms with E-state index in [4.69, 9.17) is 4.74 Å². The van der Waals surface area contributed by atoms with Crippen LogP contribution in [-0.4, -0.2) is 34.7 Å². The number of imidazole rings is 1. The van der Waals surface area contributed by atoms with Crippen molar-refractivity contribution < 1.29 is 9.53 Å². The van der Waals surface area contributed by atoms with Crippen LogP contribution < -0.4 is 5.32 Å². The lowest BCUT2D eigenvalue weighted by Crippen LogP contribution is -2.36. The van der Waals surface area contributed by atoms with Crippen molar-refractivity contribution in [2.24, 2.45) is 5.92 Å². The fourth-order valence-electron chi connectivity index (χ4n) is 2.57. The summed E-state index contributed by atoms with van der Waals surface area (Å²) in [6.45, 7) is 3.89. The zero-order valence-electron chi connectivity index (χ0n) is 14.1. The summed E-state index contributed by atoms with van der Waals surface area (Å²) in [4.78, 5) is 16.4. The molecule has 0 aliphatic heterocycles. The molecule has 1 amide bonds. The number of hydrogen-bond donors (Lipinski definition) is 1. The van der Waals surface area contributed by atoms with Crippen LogP contribution in [0, 0.1) is 5.92 Å². The first-order chi connectivity index (χ1) is 11.7. The molecule has 1 aromatic carbocycles. The molecule has 24 heavy (non-hydrogen) atoms. The smallest absolute Gasteiger partial charge is 0.248 e. The molecule has 5 nitrogen and oxygen atoms in total. The molecule has 1 aliphatic carbocycles. The van der Waals surface area contributed by atoms with Crippen molar-refractivity contribution in [2.45, 2.75) is 38.8 Å². The molecular weight excluding hydrogens is 302 g/mol. The first-order valence-corrected chi connectivity index (χ1v) is 8.65. The van der Waals surface area contributed by atoms with Gasteiger partial charge in [0.2, 0.25) is 5.91 Å². The highest BCUT2D eigenvalue weighted by atomic mass is 16.5. The number of ether oxygens (including phenoxy) is 1. The Hall–Kier alpha value is -2.14. The molecule has 5 heteroatoms. The van der Waals surface area contributed by atoms with Crippen molar-refractivity contribution >= 4 is 5.91 Å². The normalized spacial score (nSPS) is 15.2. The number of hydrogen-bond acceptors (Lipinski definition) is 3. The van der Waals surface area contributed by atoms with Crippen LogP contribution >= 0.6 is 0 Å². The molecule has 1 aliphatic rings. The summed E-state index contributed by atoms with van der Waals surface area (Å²) < 4.78 is 7.70. The van der Waals surface area contributed by atoms with Gasteiger partial charge in [-0.25, -0.2) is 4.98 Å². The zero-order valence-corrected chi connectivity index (χ0v) is 14.1. The maximum absolute atomic E-state index is 12.0. The van der Waals surface area contributed by atoms with E-state index in [1.165, 1.54) is 18.4 Å². The van der Waals surface area contributed by atoms with Crippen LogP contribution in [-0.2, 0) is 22.5 Å². The van der Waals surface area contributed by atoms with Crippen LogP contribution in [0.15, 0.2) is 42.7 Å². The van der Waals surface area contributed by atoms with E-state index in [2.05, 4.69) is 27.0 Å². The summed E-state index contributed by atoms with van der Waals surface area (Å²) in [6, 6.07) is 10.3. The lowest BCUT2D eigenvalue weighted by Gasteiger charge is -2.13. The number of carbonyl (C=O) groups is 1. The van der Waals surface area contributed by atoms with Gasteiger partial charge in [0.15, 0.2) is 0 Å². The van der Waals surface area contributed by atoms with Crippen LogP contribution in [0.5, 0.6) is 0 Å². The minimum absolute atomic E-state index is 0.0446. The number of aromatic nitrogens is 2. The molecular formula is C19H25N3O2. The Morgan fingerprint density at radius 3 is 2.92 bits per heavy atom. The lowest BCUT2D eigenvalue weighted by molar-refractivity contribution is -0.131. The van der Waals surface area contributed by atoms with Crippen LogP contribution in [0.2, 0.25) is 0 Å². The molecule has 0 bridgehead atoms. The van der Waals surface area contributed by atoms with E-state index in [0.29, 0.717) is 25.5 Å². The maximum Gasteiger partial charge on any atom is 0.248 e. The van der Waals surface area contributed by atoms with E-state index in [1.807, 2.05) is 37.5 Å². The largest absolute Gasteiger partial charge is 0.368 e. The predicted molar refractivity (Wildman–Crippen MR) is 92.6 cm³/mol. The summed E-state index contributed by atoms with van der Waals surface area (Å²) >= 11 is 0. The second-order valence-corrected chi connectivity index (χ2v) is 6.42. The summed E-state index contributed by atoms with van der Waals surface area (Å²) in [5.74, 6) is 1.60. The SMILES string of the molecule is CC(OCC1CC1)C(=O)NCCc1nccn1Cc1ccccc1. The fourth-order valence-corrected chi connectivity index (χ4v) is 2.57. The Labute approximate surface area is 143 Å². The minimum Gasteiger partial charge on any atom is -0.368 e. The molecule has 1 aromatic heterocycles. The third kappa shape index (κ3) is 4.93. The van der Waals surface area contributed by atoms with Gasteiger partial charge in [-0.2, -0.15) is 0 Å². The number of benzene rings is 1. The lowest BCUT2D eigenvalue weighted by atomic mass is 10.2. The zero-order chi connectivity index (χ0) is 16.8. The molecule has 1 atom stereocenters. The van der Waals surface area contributed by atoms with Gasteiger partial charge < -0.3 is 14.6 Å². The first kappa shape index (κ1) is 16.7. The Morgan fingerprint density at radius 2 is 2.17 bits per heavy atom. The van der Waals surface area contributed by atoms with E-state index in [1.54, 1.807) is 0 Å². The van der Waals surface area contributed by atoms with Crippen molar-refractivity contribution in [2.75, 3.05) is 13.2 Å². The van der Waals surface area contributed by atoms with Gasteiger partial charge in [0.05, 0.1) is 6.61 Å². The summed E-state index contributed by atoms with van der Waals surface area (Å²) in [7, 11) is 0. The van der Waals surface area contributed by atoms with Gasteiger partial charge in [0, 0.05) is 31.9 Å². The molecule has 1 N–H and O–H groups in total. The van der Waals surface area contributed by atoms with Gasteiger partial charge in [0.25, 0.3) is 0 Å². The van der Waals surface area contributed by atoms with Crippen LogP contribution in [0.3, 0.4) is 0 Å². The average Bonchev–Trinajstić information content (AvgIpc) is 3.34. The molecule has 2 aromatic rings. The minimum atomic E-state index is -0.380. The van der Waals surface area contributed by atoms with Crippen molar-refractivity contribution in [3.8, 4) is 0 Å². The third-order valence-electron chi connectivity index (χ3n) is 4.29. The van der Waals surface area contributed by atoms with Crippen molar-refractivity contribution in [1.29, 1.82) is 0 Å². The molecule has 1 saturated carbocycles. The van der Waals surface area contributed by atoms with E-state index >= 15 is 0 Å². The molecule has 0 spiro atoms. The standard InChI is InChI=1S/C19H25N3O2/c1-15(24-14-17-7-8-17)19(23)21-10-9-18-20-11-12-22(18)13-16-5-3-2-4-6-16/h2-6,11-12,15,17H,7-10,13-14H2,1H3,(H,21,23). The van der Waals surface area contributed by atoms with Crippen LogP contribution in [0.4, 0.5) is 0 Å². The van der Waals surface area contributed by atoms with Crippen LogP contribution in [0.25, 0.3) is 0 Å². The number of rotatable bonds is 9. The Bertz CT molecular complexity index is 650. The molecule has 0 saturated heterocycles. The molecule has 3 rings (SSSR count). The maximum atomic E-state index is 12.0. The van der Waals surface area contributed by atoms with E-state index < -0.39 is 0 Å². The molecule has 1 heterocycles. The molecule has 0 radical (unpaired) electrons. The second kappa shape index (κ2) is 8.11. The molecule has 128 valence electrons. The molecule has 1 fully saturated rings. The van der Waals surface area contributed by atoms with Gasteiger partial charge in [-0.05, 0) is 31.2 Å². The number of amides is 1. The Kier molecular flexibility index (Phi) is 5.64. The number of nitrogens with zero attached hydrogens (tertiary/aromatic N) is 2. The highest BCUT2D eigenvalue weighted by Crippen LogP contribution is 2.29. The second-order valence-electron chi connectivity index (χ2n) is 6.42. The molecule has 1 unspecified atom stereocenters. The summed E-state index contributed by atoms with van der Waals surface area (Å²) in [6.07, 6.45) is 6.58. The highest BCUT2D eigenvalue weighted by Gasteiger charge is 2.23. The van der Waals surface area contributed by atoms with Crippen LogP contribution in [0.1, 0.15) is 31.2 Å². The van der Waals surface area contributed by atoms with Crippen molar-refractivity contribution in [3.63, 3.8) is 0 Å². The number of carbonyl (C=O) groups excluding carboxylic acids is 1. The summed E-state index contributed by atoms with van der Waals surface area (Å²) in [5.41, 5.74) is 1.24. The highest BCUT2D eigenvalue weighted by molar-refractivity contribution is 5.80. The number of nitrogens with one attached hydrogen (secondary N) is 1. The predicted octanol–water partition coefficient (Wildman–Crippen LogP) is 2.41. The Balaban J connectivity index is 1.43.